The summed E-state index contributed by atoms with van der Waals surface area (Å²) >= 11 is 0. The van der Waals surface area contributed by atoms with Crippen LogP contribution in [0.25, 0.3) is 0 Å². The average Bonchev–Trinajstić information content (AvgIpc) is 2.80. The van der Waals surface area contributed by atoms with Gasteiger partial charge < -0.3 is 16.0 Å². The Kier molecular flexibility index (Phi) is 8.06. The number of aryl methyl sites for hydroxylation is 3. The first kappa shape index (κ1) is 21.1. The number of hydrogen-bond donors (Lipinski definition) is 3. The third-order valence-corrected chi connectivity index (χ3v) is 4.13. The van der Waals surface area contributed by atoms with Crippen LogP contribution in [-0.4, -0.2) is 65.0 Å². The van der Waals surface area contributed by atoms with Crippen LogP contribution in [0.4, 0.5) is 17.8 Å². The number of hydrogen-bond acceptors (Lipinski definition) is 12. The van der Waals surface area contributed by atoms with E-state index in [2.05, 4.69) is 60.8 Å². The molecule has 0 radical (unpaired) electrons. The molecule has 3 heterocycles. The lowest BCUT2D eigenvalue weighted by atomic mass is 10.3. The van der Waals surface area contributed by atoms with Gasteiger partial charge >= 0.3 is 0 Å². The van der Waals surface area contributed by atoms with Gasteiger partial charge in [-0.1, -0.05) is 6.92 Å². The second kappa shape index (κ2) is 11.4. The van der Waals surface area contributed by atoms with E-state index in [1.54, 1.807) is 7.05 Å². The van der Waals surface area contributed by atoms with Gasteiger partial charge in [-0.3, -0.25) is 0 Å². The molecule has 0 aliphatic heterocycles. The molecule has 0 aromatic carbocycles. The fraction of sp³-hybridized carbons (Fsp3) is 0.500. The van der Waals surface area contributed by atoms with Crippen LogP contribution in [0.2, 0.25) is 0 Å². The Balaban J connectivity index is 1.37. The van der Waals surface area contributed by atoms with Gasteiger partial charge in [-0.15, -0.1) is 0 Å². The van der Waals surface area contributed by atoms with Crippen molar-refractivity contribution in [1.29, 1.82) is 0 Å². The maximum Gasteiger partial charge on any atom is 0.225 e. The van der Waals surface area contributed by atoms with Crippen LogP contribution >= 0.6 is 0 Å². The smallest absolute Gasteiger partial charge is 0.225 e. The lowest BCUT2D eigenvalue weighted by Crippen LogP contribution is -2.11. The van der Waals surface area contributed by atoms with Crippen LogP contribution in [0.5, 0.6) is 0 Å². The molecule has 12 heteroatoms. The Hall–Kier alpha value is -3.57. The number of anilines is 3. The second-order valence-corrected chi connectivity index (χ2v) is 6.34. The lowest BCUT2D eigenvalue weighted by molar-refractivity contribution is 0.766. The van der Waals surface area contributed by atoms with E-state index in [1.807, 2.05) is 6.92 Å². The van der Waals surface area contributed by atoms with E-state index in [4.69, 9.17) is 0 Å². The first-order chi connectivity index (χ1) is 14.8. The zero-order chi connectivity index (χ0) is 21.0. The fourth-order valence-corrected chi connectivity index (χ4v) is 2.59. The van der Waals surface area contributed by atoms with Gasteiger partial charge in [0.25, 0.3) is 0 Å². The summed E-state index contributed by atoms with van der Waals surface area (Å²) < 4.78 is 0. The molecule has 3 rings (SSSR count). The predicted octanol–water partition coefficient (Wildman–Crippen LogP) is 0.935. The molecule has 0 saturated heterocycles. The van der Waals surface area contributed by atoms with Crippen LogP contribution in [0.1, 0.15) is 37.2 Å². The summed E-state index contributed by atoms with van der Waals surface area (Å²) in [7, 11) is 1.78. The van der Waals surface area contributed by atoms with E-state index in [9.17, 15) is 0 Å². The van der Waals surface area contributed by atoms with Gasteiger partial charge in [0.2, 0.25) is 17.8 Å². The van der Waals surface area contributed by atoms with E-state index in [0.29, 0.717) is 24.4 Å². The van der Waals surface area contributed by atoms with Crippen LogP contribution < -0.4 is 16.0 Å². The molecule has 3 aromatic heterocycles. The first-order valence-electron chi connectivity index (χ1n) is 9.96. The van der Waals surface area contributed by atoms with Gasteiger partial charge in [0, 0.05) is 39.4 Å². The maximum atomic E-state index is 4.46. The summed E-state index contributed by atoms with van der Waals surface area (Å²) in [5.41, 5.74) is 0. The third-order valence-electron chi connectivity index (χ3n) is 4.13. The molecule has 0 spiro atoms. The van der Waals surface area contributed by atoms with Crippen molar-refractivity contribution in [2.45, 2.75) is 39.0 Å². The highest BCUT2D eigenvalue weighted by Gasteiger charge is 2.04. The molecule has 12 nitrogen and oxygen atoms in total. The van der Waals surface area contributed by atoms with Gasteiger partial charge in [0.1, 0.15) is 36.5 Å². The molecule has 3 N–H and O–H groups in total. The van der Waals surface area contributed by atoms with Crippen LogP contribution in [0.15, 0.2) is 19.0 Å². The zero-order valence-electron chi connectivity index (χ0n) is 17.2. The van der Waals surface area contributed by atoms with Gasteiger partial charge in [-0.2, -0.15) is 15.0 Å². The summed E-state index contributed by atoms with van der Waals surface area (Å²) in [4.78, 5) is 37.9. The molecule has 158 valence electrons. The average molecular weight is 410 g/mol. The fourth-order valence-electron chi connectivity index (χ4n) is 2.59. The Morgan fingerprint density at radius 3 is 1.63 bits per heavy atom. The van der Waals surface area contributed by atoms with Crippen molar-refractivity contribution in [1.82, 2.24) is 44.9 Å². The Morgan fingerprint density at radius 1 is 0.633 bits per heavy atom. The number of nitrogens with zero attached hydrogens (tertiary/aromatic N) is 9. The molecular weight excluding hydrogens is 384 g/mol. The standard InChI is InChI=1S/C18H26N12/c1-3-13-22-10-26-17(28-13)20-8-5-7-15-24-12-27-18(30-15)21-9-4-6-14-23-11-25-16(19-2)29-14/h10-12H,3-9H2,1-2H3,(H,19,23,25,29)(H,20,22,26,28)(H,21,24,27,30). The van der Waals surface area contributed by atoms with Crippen molar-refractivity contribution < 1.29 is 0 Å². The Bertz CT molecular complexity index is 848. The normalized spacial score (nSPS) is 10.6. The van der Waals surface area contributed by atoms with Crippen molar-refractivity contribution in [3.05, 3.63) is 36.5 Å². The topological polar surface area (TPSA) is 152 Å². The largest absolute Gasteiger partial charge is 0.357 e. The van der Waals surface area contributed by atoms with Crippen molar-refractivity contribution >= 4 is 17.8 Å². The summed E-state index contributed by atoms with van der Waals surface area (Å²) in [6, 6.07) is 0. The molecule has 0 atom stereocenters. The highest BCUT2D eigenvalue weighted by Crippen LogP contribution is 2.04. The molecular formula is C18H26N12. The minimum absolute atomic E-state index is 0.574. The predicted molar refractivity (Wildman–Crippen MR) is 112 cm³/mol. The van der Waals surface area contributed by atoms with Crippen LogP contribution in [0, 0.1) is 0 Å². The minimum Gasteiger partial charge on any atom is -0.357 e. The monoisotopic (exact) mass is 410 g/mol. The number of rotatable bonds is 12. The molecule has 0 aliphatic rings. The molecule has 0 amide bonds. The van der Waals surface area contributed by atoms with Crippen LogP contribution in [0.3, 0.4) is 0 Å². The highest BCUT2D eigenvalue weighted by molar-refractivity contribution is 5.24. The number of nitrogens with one attached hydrogen (secondary N) is 3. The van der Waals surface area contributed by atoms with E-state index in [0.717, 1.165) is 56.1 Å². The van der Waals surface area contributed by atoms with Gasteiger partial charge in [0.05, 0.1) is 0 Å². The van der Waals surface area contributed by atoms with Gasteiger partial charge in [-0.25, -0.2) is 29.9 Å². The molecule has 3 aromatic rings. The van der Waals surface area contributed by atoms with E-state index < -0.39 is 0 Å². The summed E-state index contributed by atoms with van der Waals surface area (Å²) in [5, 5.41) is 9.33. The molecule has 0 fully saturated rings. The third kappa shape index (κ3) is 6.79. The van der Waals surface area contributed by atoms with Crippen molar-refractivity contribution in [3.8, 4) is 0 Å². The van der Waals surface area contributed by atoms with E-state index in [-0.39, 0.29) is 0 Å². The molecule has 30 heavy (non-hydrogen) atoms. The van der Waals surface area contributed by atoms with Crippen molar-refractivity contribution in [2.75, 3.05) is 36.1 Å². The van der Waals surface area contributed by atoms with Crippen molar-refractivity contribution in [2.24, 2.45) is 0 Å². The van der Waals surface area contributed by atoms with Crippen molar-refractivity contribution in [3.63, 3.8) is 0 Å². The Labute approximate surface area is 174 Å². The quantitative estimate of drug-likeness (QED) is 0.364. The maximum absolute atomic E-state index is 4.46. The first-order valence-corrected chi connectivity index (χ1v) is 9.96. The second-order valence-electron chi connectivity index (χ2n) is 6.34. The Morgan fingerprint density at radius 2 is 1.10 bits per heavy atom. The molecule has 0 bridgehead atoms. The summed E-state index contributed by atoms with van der Waals surface area (Å²) in [6.45, 7) is 3.45. The molecule has 0 aliphatic carbocycles. The lowest BCUT2D eigenvalue weighted by Gasteiger charge is -2.07. The zero-order valence-corrected chi connectivity index (χ0v) is 17.2. The van der Waals surface area contributed by atoms with Gasteiger partial charge in [0.15, 0.2) is 0 Å². The molecule has 0 unspecified atom stereocenters. The van der Waals surface area contributed by atoms with E-state index in [1.165, 1.54) is 19.0 Å². The molecule has 0 saturated carbocycles. The minimum atomic E-state index is 0.574. The SMILES string of the molecule is CCc1ncnc(NCCCc2ncnc(NCCCc3ncnc(NC)n3)n2)n1. The summed E-state index contributed by atoms with van der Waals surface area (Å²) in [6.07, 6.45) is 8.52. The van der Waals surface area contributed by atoms with Crippen LogP contribution in [-0.2, 0) is 19.3 Å². The summed E-state index contributed by atoms with van der Waals surface area (Å²) in [5.74, 6) is 4.02. The number of aromatic nitrogens is 9. The van der Waals surface area contributed by atoms with Gasteiger partial charge in [-0.05, 0) is 12.8 Å². The highest BCUT2D eigenvalue weighted by atomic mass is 15.2. The van der Waals surface area contributed by atoms with E-state index >= 15 is 0 Å².